The molecule has 4 heterocycles. The number of pyridine rings is 1. The fourth-order valence-electron chi connectivity index (χ4n) is 5.98. The van der Waals surface area contributed by atoms with E-state index in [9.17, 15) is 0 Å². The zero-order valence-electron chi connectivity index (χ0n) is 21.6. The molecule has 0 unspecified atom stereocenters. The molecule has 1 aliphatic heterocycles. The molecule has 2 aromatic carbocycles. The van der Waals surface area contributed by atoms with E-state index in [0.29, 0.717) is 17.5 Å². The maximum absolute atomic E-state index is 6.49. The molecular formula is C30H32N8. The van der Waals surface area contributed by atoms with E-state index < -0.39 is 0 Å². The van der Waals surface area contributed by atoms with E-state index in [4.69, 9.17) is 16.5 Å². The van der Waals surface area contributed by atoms with Crippen LogP contribution in [0.25, 0.3) is 33.1 Å². The summed E-state index contributed by atoms with van der Waals surface area (Å²) in [4.78, 5) is 18.6. The Morgan fingerprint density at radius 2 is 1.82 bits per heavy atom. The Morgan fingerprint density at radius 3 is 2.58 bits per heavy atom. The minimum Gasteiger partial charge on any atom is -0.398 e. The number of anilines is 4. The second-order valence-corrected chi connectivity index (χ2v) is 10.7. The molecule has 8 heteroatoms. The summed E-state index contributed by atoms with van der Waals surface area (Å²) in [5.41, 5.74) is 18.5. The molecule has 0 atom stereocenters. The van der Waals surface area contributed by atoms with Crippen LogP contribution in [0.15, 0.2) is 67.1 Å². The van der Waals surface area contributed by atoms with Gasteiger partial charge in [0, 0.05) is 54.2 Å². The summed E-state index contributed by atoms with van der Waals surface area (Å²) < 4.78 is 2.32. The van der Waals surface area contributed by atoms with Gasteiger partial charge in [0.2, 0.25) is 0 Å². The predicted molar refractivity (Wildman–Crippen MR) is 154 cm³/mol. The first-order valence-electron chi connectivity index (χ1n) is 13.4. The highest BCUT2D eigenvalue weighted by Crippen LogP contribution is 2.44. The van der Waals surface area contributed by atoms with Gasteiger partial charge in [0.05, 0.1) is 10.9 Å². The zero-order valence-corrected chi connectivity index (χ0v) is 21.6. The largest absolute Gasteiger partial charge is 0.398 e. The molecule has 5 aromatic rings. The first kappa shape index (κ1) is 23.0. The summed E-state index contributed by atoms with van der Waals surface area (Å²) in [6, 6.07) is 18.8. The number of nitrogens with zero attached hydrogens (tertiary/aromatic N) is 6. The molecule has 1 saturated carbocycles. The molecule has 2 aliphatic rings. The standard InChI is InChI=1S/C30H32N8/c1-36(21-6-3-2-4-7-21)27-15-25(31)23-9-8-20(14-26(23)35-27)24-17-38(30-28(24)29(32)33-18-34-30)22-12-19(13-22)16-37-10-5-11-37/h2-4,6-9,14-15,17-19,22H,5,10-13,16H2,1H3,(H2,31,35)(H2,32,33,34). The summed E-state index contributed by atoms with van der Waals surface area (Å²) in [7, 11) is 2.01. The van der Waals surface area contributed by atoms with Crippen molar-refractivity contribution >= 4 is 44.9 Å². The number of fused-ring (bicyclic) bond motifs is 2. The molecule has 38 heavy (non-hydrogen) atoms. The van der Waals surface area contributed by atoms with Crippen LogP contribution in [-0.4, -0.2) is 51.1 Å². The van der Waals surface area contributed by atoms with Gasteiger partial charge in [0.25, 0.3) is 0 Å². The zero-order chi connectivity index (χ0) is 25.8. The highest BCUT2D eigenvalue weighted by atomic mass is 15.2. The number of rotatable bonds is 6. The van der Waals surface area contributed by atoms with Crippen LogP contribution < -0.4 is 16.4 Å². The number of para-hydroxylation sites is 1. The predicted octanol–water partition coefficient (Wildman–Crippen LogP) is 5.24. The monoisotopic (exact) mass is 504 g/mol. The number of nitrogen functional groups attached to an aromatic ring is 2. The molecule has 4 N–H and O–H groups in total. The van der Waals surface area contributed by atoms with E-state index >= 15 is 0 Å². The number of aromatic nitrogens is 4. The van der Waals surface area contributed by atoms with Crippen molar-refractivity contribution in [3.63, 3.8) is 0 Å². The van der Waals surface area contributed by atoms with Crippen molar-refractivity contribution in [1.82, 2.24) is 24.4 Å². The van der Waals surface area contributed by atoms with Crippen LogP contribution in [0.4, 0.5) is 23.0 Å². The normalized spacial score (nSPS) is 19.4. The second-order valence-electron chi connectivity index (χ2n) is 10.7. The first-order valence-corrected chi connectivity index (χ1v) is 13.4. The third kappa shape index (κ3) is 3.83. The van der Waals surface area contributed by atoms with Crippen molar-refractivity contribution < 1.29 is 0 Å². The molecule has 0 amide bonds. The summed E-state index contributed by atoms with van der Waals surface area (Å²) in [6.45, 7) is 3.73. The number of hydrogen-bond acceptors (Lipinski definition) is 7. The van der Waals surface area contributed by atoms with Crippen LogP contribution in [0.1, 0.15) is 25.3 Å². The highest BCUT2D eigenvalue weighted by Gasteiger charge is 2.34. The maximum atomic E-state index is 6.49. The minimum absolute atomic E-state index is 0.437. The van der Waals surface area contributed by atoms with Gasteiger partial charge >= 0.3 is 0 Å². The van der Waals surface area contributed by atoms with Gasteiger partial charge in [0.15, 0.2) is 0 Å². The first-order chi connectivity index (χ1) is 18.5. The van der Waals surface area contributed by atoms with Gasteiger partial charge in [-0.15, -0.1) is 0 Å². The van der Waals surface area contributed by atoms with Gasteiger partial charge in [-0.25, -0.2) is 15.0 Å². The van der Waals surface area contributed by atoms with E-state index in [1.165, 1.54) is 38.9 Å². The third-order valence-electron chi connectivity index (χ3n) is 8.33. The molecule has 1 aliphatic carbocycles. The third-order valence-corrected chi connectivity index (χ3v) is 8.33. The van der Waals surface area contributed by atoms with Crippen LogP contribution in [0, 0.1) is 5.92 Å². The molecule has 1 saturated heterocycles. The van der Waals surface area contributed by atoms with Crippen LogP contribution >= 0.6 is 0 Å². The van der Waals surface area contributed by atoms with Crippen molar-refractivity contribution in [2.45, 2.75) is 25.3 Å². The lowest BCUT2D eigenvalue weighted by Crippen LogP contribution is -2.43. The smallest absolute Gasteiger partial charge is 0.146 e. The average Bonchev–Trinajstić information content (AvgIpc) is 3.27. The van der Waals surface area contributed by atoms with E-state index in [0.717, 1.165) is 50.5 Å². The van der Waals surface area contributed by atoms with Crippen LogP contribution in [-0.2, 0) is 0 Å². The molecule has 0 spiro atoms. The number of likely N-dealkylation sites (tertiary alicyclic amines) is 1. The van der Waals surface area contributed by atoms with Gasteiger partial charge in [-0.3, -0.25) is 0 Å². The fraction of sp³-hybridized carbons (Fsp3) is 0.300. The van der Waals surface area contributed by atoms with Crippen molar-refractivity contribution in [2.24, 2.45) is 5.92 Å². The molecule has 0 bridgehead atoms. The number of nitrogens with two attached hydrogens (primary N) is 2. The van der Waals surface area contributed by atoms with Crippen LogP contribution in [0.3, 0.4) is 0 Å². The van der Waals surface area contributed by atoms with E-state index in [1.54, 1.807) is 6.33 Å². The van der Waals surface area contributed by atoms with Crippen molar-refractivity contribution in [2.75, 3.05) is 43.0 Å². The number of hydrogen-bond donors (Lipinski definition) is 2. The molecule has 7 rings (SSSR count). The summed E-state index contributed by atoms with van der Waals surface area (Å²) in [6.07, 6.45) is 7.48. The quantitative estimate of drug-likeness (QED) is 0.326. The molecule has 192 valence electrons. The average molecular weight is 505 g/mol. The van der Waals surface area contributed by atoms with Crippen LogP contribution in [0.2, 0.25) is 0 Å². The second kappa shape index (κ2) is 8.99. The van der Waals surface area contributed by atoms with Gasteiger partial charge in [-0.05, 0) is 62.0 Å². The molecule has 8 nitrogen and oxygen atoms in total. The van der Waals surface area contributed by atoms with Gasteiger partial charge < -0.3 is 25.8 Å². The maximum Gasteiger partial charge on any atom is 0.146 e. The lowest BCUT2D eigenvalue weighted by molar-refractivity contribution is 0.0921. The fourth-order valence-corrected chi connectivity index (χ4v) is 5.98. The summed E-state index contributed by atoms with van der Waals surface area (Å²) >= 11 is 0. The highest BCUT2D eigenvalue weighted by molar-refractivity contribution is 6.03. The van der Waals surface area contributed by atoms with Gasteiger partial charge in [0.1, 0.15) is 23.6 Å². The van der Waals surface area contributed by atoms with Crippen LogP contribution in [0.5, 0.6) is 0 Å². The van der Waals surface area contributed by atoms with Crippen molar-refractivity contribution in [1.29, 1.82) is 0 Å². The molecule has 2 fully saturated rings. The van der Waals surface area contributed by atoms with Gasteiger partial charge in [-0.1, -0.05) is 30.3 Å². The molecular weight excluding hydrogens is 472 g/mol. The Labute approximate surface area is 221 Å². The summed E-state index contributed by atoms with van der Waals surface area (Å²) in [5, 5.41) is 1.84. The Morgan fingerprint density at radius 1 is 1.00 bits per heavy atom. The van der Waals surface area contributed by atoms with E-state index in [1.807, 2.05) is 36.2 Å². The Bertz CT molecular complexity index is 1630. The lowest BCUT2D eigenvalue weighted by Gasteiger charge is -2.42. The van der Waals surface area contributed by atoms with Crippen molar-refractivity contribution in [3.8, 4) is 11.1 Å². The van der Waals surface area contributed by atoms with Crippen molar-refractivity contribution in [3.05, 3.63) is 67.1 Å². The van der Waals surface area contributed by atoms with E-state index in [2.05, 4.69) is 56.0 Å². The molecule has 3 aromatic heterocycles. The Hall–Kier alpha value is -4.17. The SMILES string of the molecule is CN(c1ccccc1)c1cc(N)c2ccc(-c3cn(C4CC(CN5CCC5)C4)c4ncnc(N)c34)cc2n1. The molecule has 0 radical (unpaired) electrons. The topological polar surface area (TPSA) is 102 Å². The minimum atomic E-state index is 0.437. The Kier molecular flexibility index (Phi) is 5.44. The number of benzene rings is 2. The Balaban J connectivity index is 1.27. The lowest BCUT2D eigenvalue weighted by atomic mass is 9.79. The van der Waals surface area contributed by atoms with E-state index in [-0.39, 0.29) is 0 Å². The summed E-state index contributed by atoms with van der Waals surface area (Å²) in [5.74, 6) is 2.06. The van der Waals surface area contributed by atoms with Gasteiger partial charge in [-0.2, -0.15) is 0 Å².